The van der Waals surface area contributed by atoms with Gasteiger partial charge >= 0.3 is 5.97 Å². The highest BCUT2D eigenvalue weighted by Crippen LogP contribution is 2.48. The van der Waals surface area contributed by atoms with E-state index >= 15 is 0 Å². The van der Waals surface area contributed by atoms with Crippen LogP contribution < -0.4 is 4.74 Å². The summed E-state index contributed by atoms with van der Waals surface area (Å²) in [6.07, 6.45) is 9.05. The second kappa shape index (κ2) is 20.0. The Morgan fingerprint density at radius 3 is 2.56 bits per heavy atom. The van der Waals surface area contributed by atoms with Gasteiger partial charge < -0.3 is 34.3 Å². The number of aromatic hydroxyl groups is 1. The van der Waals surface area contributed by atoms with Crippen LogP contribution in [0.15, 0.2) is 36.1 Å². The van der Waals surface area contributed by atoms with Gasteiger partial charge in [0.1, 0.15) is 29.4 Å². The normalized spacial score (nSPS) is 16.2. The SMILES string of the molecule is C.C=C(C)C1CCC(C)=CC1c1c(OCCOCCOCc2cn(CCOCCO)nn2)cc(CCCCC)c(C(=O)O)c1O. The van der Waals surface area contributed by atoms with Crippen LogP contribution in [0.1, 0.15) is 93.4 Å². The molecule has 0 aliphatic heterocycles. The van der Waals surface area contributed by atoms with Gasteiger partial charge in [0.05, 0.1) is 59.0 Å². The van der Waals surface area contributed by atoms with Gasteiger partial charge in [-0.05, 0) is 57.1 Å². The zero-order valence-electron chi connectivity index (χ0n) is 26.4. The molecule has 0 fully saturated rings. The van der Waals surface area contributed by atoms with Crippen molar-refractivity contribution in [1.82, 2.24) is 15.0 Å². The van der Waals surface area contributed by atoms with E-state index in [0.717, 1.165) is 37.7 Å². The van der Waals surface area contributed by atoms with Crippen LogP contribution in [0.25, 0.3) is 0 Å². The van der Waals surface area contributed by atoms with Crippen molar-refractivity contribution in [2.75, 3.05) is 46.2 Å². The Morgan fingerprint density at radius 2 is 1.84 bits per heavy atom. The maximum absolute atomic E-state index is 12.4. The molecule has 252 valence electrons. The van der Waals surface area contributed by atoms with Crippen LogP contribution in [0.4, 0.5) is 0 Å². The van der Waals surface area contributed by atoms with Gasteiger partial charge in [0.2, 0.25) is 0 Å². The van der Waals surface area contributed by atoms with Crippen molar-refractivity contribution in [3.05, 3.63) is 58.4 Å². The van der Waals surface area contributed by atoms with Crippen molar-refractivity contribution < 1.29 is 39.1 Å². The summed E-state index contributed by atoms with van der Waals surface area (Å²) in [5.41, 5.74) is 3.93. The number of carbonyl (C=O) groups is 1. The number of ether oxygens (including phenoxy) is 4. The van der Waals surface area contributed by atoms with Crippen molar-refractivity contribution in [3.63, 3.8) is 0 Å². The highest BCUT2D eigenvalue weighted by Gasteiger charge is 2.33. The lowest BCUT2D eigenvalue weighted by Gasteiger charge is -2.32. The molecule has 1 aromatic carbocycles. The Morgan fingerprint density at radius 1 is 1.11 bits per heavy atom. The molecule has 11 heteroatoms. The number of rotatable bonds is 21. The summed E-state index contributed by atoms with van der Waals surface area (Å²) in [4.78, 5) is 12.4. The van der Waals surface area contributed by atoms with E-state index in [9.17, 15) is 15.0 Å². The van der Waals surface area contributed by atoms with Gasteiger partial charge in [-0.15, -0.1) is 5.10 Å². The highest BCUT2D eigenvalue weighted by atomic mass is 16.5. The van der Waals surface area contributed by atoms with Crippen LogP contribution in [-0.4, -0.2) is 82.5 Å². The predicted octanol–water partition coefficient (Wildman–Crippen LogP) is 5.69. The zero-order valence-corrected chi connectivity index (χ0v) is 26.4. The molecular formula is C34H53N3O8. The molecule has 2 aromatic rings. The van der Waals surface area contributed by atoms with Crippen molar-refractivity contribution in [2.24, 2.45) is 5.92 Å². The molecule has 1 heterocycles. The van der Waals surface area contributed by atoms with Crippen molar-refractivity contribution >= 4 is 5.97 Å². The third-order valence-corrected chi connectivity index (χ3v) is 7.75. The first kappa shape index (κ1) is 37.9. The van der Waals surface area contributed by atoms with Crippen LogP contribution in [0, 0.1) is 5.92 Å². The van der Waals surface area contributed by atoms with Crippen LogP contribution in [0.3, 0.4) is 0 Å². The first-order valence-electron chi connectivity index (χ1n) is 15.6. The largest absolute Gasteiger partial charge is 0.507 e. The Hall–Kier alpha value is -3.25. The highest BCUT2D eigenvalue weighted by molar-refractivity contribution is 5.94. The standard InChI is InChI=1S/C33H49N3O8.CH4/c1-5-6-7-8-25-20-29(31(32(38)30(25)33(39)40)28-19-24(4)9-10-27(28)23(2)3)44-18-17-42-15-16-43-22-26-21-36(35-34-26)11-13-41-14-12-37;/h19-21,27-28,37-38H,2,5-18,22H2,1,3-4H3,(H,39,40);1H4. The average Bonchev–Trinajstić information content (AvgIpc) is 3.44. The van der Waals surface area contributed by atoms with E-state index in [1.165, 1.54) is 5.57 Å². The minimum atomic E-state index is -1.14. The van der Waals surface area contributed by atoms with Crippen LogP contribution in [0.5, 0.6) is 11.5 Å². The maximum Gasteiger partial charge on any atom is 0.339 e. The van der Waals surface area contributed by atoms with E-state index < -0.39 is 5.97 Å². The van der Waals surface area contributed by atoms with Gasteiger partial charge in [-0.3, -0.25) is 0 Å². The van der Waals surface area contributed by atoms with Gasteiger partial charge in [0.25, 0.3) is 0 Å². The molecule has 0 spiro atoms. The Balaban J connectivity index is 0.00000705. The third-order valence-electron chi connectivity index (χ3n) is 7.75. The molecule has 0 bridgehead atoms. The molecule has 3 rings (SSSR count). The second-order valence-corrected chi connectivity index (χ2v) is 11.3. The maximum atomic E-state index is 12.4. The molecule has 0 amide bonds. The number of carboxylic acid groups (broad SMARTS) is 1. The van der Waals surface area contributed by atoms with E-state index in [1.807, 2.05) is 6.92 Å². The molecule has 11 nitrogen and oxygen atoms in total. The smallest absolute Gasteiger partial charge is 0.339 e. The number of benzene rings is 1. The summed E-state index contributed by atoms with van der Waals surface area (Å²) >= 11 is 0. The molecule has 1 aliphatic rings. The summed E-state index contributed by atoms with van der Waals surface area (Å²) in [6.45, 7) is 13.1. The van der Waals surface area contributed by atoms with Crippen LogP contribution in [-0.2, 0) is 33.8 Å². The lowest BCUT2D eigenvalue weighted by atomic mass is 9.73. The Kier molecular flexibility index (Phi) is 16.9. The number of carboxylic acids is 1. The molecule has 0 radical (unpaired) electrons. The summed E-state index contributed by atoms with van der Waals surface area (Å²) < 4.78 is 24.5. The summed E-state index contributed by atoms with van der Waals surface area (Å²) in [6, 6.07) is 1.80. The van der Waals surface area contributed by atoms with E-state index in [0.29, 0.717) is 75.2 Å². The fraction of sp³-hybridized carbons (Fsp3) is 0.618. The molecule has 2 atom stereocenters. The van der Waals surface area contributed by atoms with Gasteiger partial charge in [-0.25, -0.2) is 9.48 Å². The fourth-order valence-electron chi connectivity index (χ4n) is 5.51. The topological polar surface area (TPSA) is 145 Å². The van der Waals surface area contributed by atoms with E-state index in [4.69, 9.17) is 24.1 Å². The summed E-state index contributed by atoms with van der Waals surface area (Å²) in [7, 11) is 0. The molecule has 3 N–H and O–H groups in total. The number of unbranched alkanes of at least 4 members (excludes halogenated alkanes) is 2. The number of aryl methyl sites for hydroxylation is 1. The van der Waals surface area contributed by atoms with Crippen LogP contribution in [0.2, 0.25) is 0 Å². The lowest BCUT2D eigenvalue weighted by Crippen LogP contribution is -2.20. The number of aromatic carboxylic acids is 1. The number of aliphatic hydroxyl groups excluding tert-OH is 1. The molecule has 0 saturated carbocycles. The van der Waals surface area contributed by atoms with Gasteiger partial charge in [0.15, 0.2) is 0 Å². The number of aliphatic hydroxyl groups is 1. The molecule has 2 unspecified atom stereocenters. The van der Waals surface area contributed by atoms with E-state index in [-0.39, 0.29) is 43.8 Å². The Bertz CT molecular complexity index is 1240. The third kappa shape index (κ3) is 11.6. The summed E-state index contributed by atoms with van der Waals surface area (Å²) in [5, 5.41) is 38.4. The molecule has 0 saturated heterocycles. The van der Waals surface area contributed by atoms with Gasteiger partial charge in [-0.1, -0.05) is 56.2 Å². The number of aromatic nitrogens is 3. The number of hydrogen-bond acceptors (Lipinski definition) is 9. The van der Waals surface area contributed by atoms with E-state index in [2.05, 4.69) is 36.8 Å². The number of allylic oxidation sites excluding steroid dienone is 3. The number of phenols is 1. The number of nitrogens with zero attached hydrogens (tertiary/aromatic N) is 3. The molecule has 45 heavy (non-hydrogen) atoms. The minimum Gasteiger partial charge on any atom is -0.507 e. The first-order valence-corrected chi connectivity index (χ1v) is 15.6. The van der Waals surface area contributed by atoms with Crippen molar-refractivity contribution in [3.8, 4) is 11.5 Å². The number of hydrogen-bond donors (Lipinski definition) is 3. The van der Waals surface area contributed by atoms with Gasteiger partial charge in [-0.2, -0.15) is 0 Å². The van der Waals surface area contributed by atoms with Crippen molar-refractivity contribution in [1.29, 1.82) is 0 Å². The quantitative estimate of drug-likeness (QED) is 0.116. The van der Waals surface area contributed by atoms with Crippen molar-refractivity contribution in [2.45, 2.75) is 85.8 Å². The average molecular weight is 632 g/mol. The first-order chi connectivity index (χ1) is 21.3. The van der Waals surface area contributed by atoms with E-state index in [1.54, 1.807) is 16.9 Å². The minimum absolute atomic E-state index is 0. The molecule has 1 aromatic heterocycles. The van der Waals surface area contributed by atoms with Gasteiger partial charge in [0, 0.05) is 11.5 Å². The zero-order chi connectivity index (χ0) is 31.9. The van der Waals surface area contributed by atoms with Crippen LogP contribution >= 0.6 is 0 Å². The summed E-state index contributed by atoms with van der Waals surface area (Å²) in [5.74, 6) is -1.03. The molecule has 1 aliphatic carbocycles. The Labute approximate surface area is 267 Å². The second-order valence-electron chi connectivity index (χ2n) is 11.3. The lowest BCUT2D eigenvalue weighted by molar-refractivity contribution is 0.0292. The molecular weight excluding hydrogens is 578 g/mol. The fourth-order valence-corrected chi connectivity index (χ4v) is 5.51. The monoisotopic (exact) mass is 631 g/mol. The predicted molar refractivity (Wildman–Crippen MR) is 173 cm³/mol.